The molecule has 1 aromatic rings. The predicted molar refractivity (Wildman–Crippen MR) is 39.6 cm³/mol. The van der Waals surface area contributed by atoms with Gasteiger partial charge in [-0.25, -0.2) is 9.67 Å². The first-order valence-corrected chi connectivity index (χ1v) is 3.87. The van der Waals surface area contributed by atoms with E-state index >= 15 is 0 Å². The average molecular weight is 167 g/mol. The average Bonchev–Trinajstić information content (AvgIpc) is 2.73. The van der Waals surface area contributed by atoms with Crippen molar-refractivity contribution >= 4 is 5.97 Å². The Hall–Kier alpha value is -1.39. The van der Waals surface area contributed by atoms with Gasteiger partial charge in [0.15, 0.2) is 5.82 Å². The third-order valence-corrected chi connectivity index (χ3v) is 1.79. The first-order valence-electron chi connectivity index (χ1n) is 3.87. The molecule has 0 amide bonds. The Morgan fingerprint density at radius 3 is 3.08 bits per heavy atom. The molecule has 0 saturated heterocycles. The largest absolute Gasteiger partial charge is 0.481 e. The first kappa shape index (κ1) is 7.27. The Bertz CT molecular complexity index is 303. The highest BCUT2D eigenvalue weighted by molar-refractivity contribution is 5.68. The summed E-state index contributed by atoms with van der Waals surface area (Å²) in [6.07, 6.45) is 3.79. The van der Waals surface area contributed by atoms with Crippen LogP contribution in [-0.2, 0) is 11.2 Å². The number of aliphatic carboxylic acids is 1. The number of carboxylic acid groups (broad SMARTS) is 1. The Morgan fingerprint density at radius 2 is 2.50 bits per heavy atom. The maximum absolute atomic E-state index is 10.3. The van der Waals surface area contributed by atoms with Crippen LogP contribution in [0.5, 0.6) is 0 Å². The summed E-state index contributed by atoms with van der Waals surface area (Å²) >= 11 is 0. The summed E-state index contributed by atoms with van der Waals surface area (Å²) in [5, 5.41) is 12.5. The molecule has 0 atom stereocenters. The minimum Gasteiger partial charge on any atom is -0.481 e. The molecule has 1 aliphatic rings. The van der Waals surface area contributed by atoms with Crippen LogP contribution in [0.2, 0.25) is 0 Å². The summed E-state index contributed by atoms with van der Waals surface area (Å²) in [5.41, 5.74) is 0. The fourth-order valence-corrected chi connectivity index (χ4v) is 1.04. The number of hydrogen-bond acceptors (Lipinski definition) is 3. The zero-order chi connectivity index (χ0) is 8.55. The Labute approximate surface area is 69.0 Å². The summed E-state index contributed by atoms with van der Waals surface area (Å²) in [5.74, 6) is -0.488. The first-order chi connectivity index (χ1) is 5.75. The molecular weight excluding hydrogens is 158 g/mol. The molecule has 1 aliphatic carbocycles. The summed E-state index contributed by atoms with van der Waals surface area (Å²) in [6, 6.07) is 0.472. The van der Waals surface area contributed by atoms with Gasteiger partial charge in [-0.1, -0.05) is 0 Å². The van der Waals surface area contributed by atoms with E-state index < -0.39 is 5.97 Å². The van der Waals surface area contributed by atoms with Crippen LogP contribution in [0.1, 0.15) is 24.7 Å². The van der Waals surface area contributed by atoms with Gasteiger partial charge in [0.2, 0.25) is 0 Å². The zero-order valence-electron chi connectivity index (χ0n) is 6.47. The Balaban J connectivity index is 2.07. The predicted octanol–water partition coefficient (Wildman–Crippen LogP) is 0.240. The Morgan fingerprint density at radius 1 is 1.75 bits per heavy atom. The molecule has 5 heteroatoms. The van der Waals surface area contributed by atoms with E-state index in [0.717, 1.165) is 12.8 Å². The summed E-state index contributed by atoms with van der Waals surface area (Å²) < 4.78 is 1.75. The lowest BCUT2D eigenvalue weighted by Gasteiger charge is -1.91. The number of carboxylic acids is 1. The molecule has 0 aliphatic heterocycles. The third kappa shape index (κ3) is 1.44. The lowest BCUT2D eigenvalue weighted by molar-refractivity contribution is -0.136. The summed E-state index contributed by atoms with van der Waals surface area (Å²) in [6.45, 7) is 0. The van der Waals surface area contributed by atoms with Crippen molar-refractivity contribution in [1.82, 2.24) is 14.8 Å². The number of rotatable bonds is 3. The maximum atomic E-state index is 10.3. The summed E-state index contributed by atoms with van der Waals surface area (Å²) in [4.78, 5) is 14.2. The molecule has 5 nitrogen and oxygen atoms in total. The van der Waals surface area contributed by atoms with Crippen LogP contribution in [0, 0.1) is 0 Å². The molecule has 64 valence electrons. The molecule has 0 spiro atoms. The van der Waals surface area contributed by atoms with E-state index in [0.29, 0.717) is 11.9 Å². The van der Waals surface area contributed by atoms with Crippen molar-refractivity contribution in [3.63, 3.8) is 0 Å². The second-order valence-electron chi connectivity index (χ2n) is 2.94. The highest BCUT2D eigenvalue weighted by atomic mass is 16.4. The van der Waals surface area contributed by atoms with E-state index in [-0.39, 0.29) is 6.42 Å². The van der Waals surface area contributed by atoms with Gasteiger partial charge in [-0.15, -0.1) is 0 Å². The highest BCUT2D eigenvalue weighted by Gasteiger charge is 2.24. The smallest absolute Gasteiger partial charge is 0.311 e. The fraction of sp³-hybridized carbons (Fsp3) is 0.571. The monoisotopic (exact) mass is 167 g/mol. The molecule has 1 saturated carbocycles. The van der Waals surface area contributed by atoms with Gasteiger partial charge in [0.05, 0.1) is 6.04 Å². The molecule has 1 aromatic heterocycles. The SMILES string of the molecule is O=C(O)Cc1ncn(C2CC2)n1. The van der Waals surface area contributed by atoms with E-state index in [1.54, 1.807) is 11.0 Å². The minimum atomic E-state index is -0.886. The molecule has 1 heterocycles. The second kappa shape index (κ2) is 2.58. The molecule has 0 aromatic carbocycles. The van der Waals surface area contributed by atoms with Crippen LogP contribution < -0.4 is 0 Å². The zero-order valence-corrected chi connectivity index (χ0v) is 6.47. The number of carbonyl (C=O) groups is 1. The van der Waals surface area contributed by atoms with Crippen molar-refractivity contribution in [3.8, 4) is 0 Å². The van der Waals surface area contributed by atoms with Gasteiger partial charge in [-0.05, 0) is 12.8 Å². The Kier molecular flexibility index (Phi) is 1.56. The van der Waals surface area contributed by atoms with Crippen LogP contribution in [0.3, 0.4) is 0 Å². The maximum Gasteiger partial charge on any atom is 0.311 e. The number of hydrogen-bond donors (Lipinski definition) is 1. The molecule has 12 heavy (non-hydrogen) atoms. The quantitative estimate of drug-likeness (QED) is 0.700. The molecule has 1 N–H and O–H groups in total. The topological polar surface area (TPSA) is 68.0 Å². The van der Waals surface area contributed by atoms with Gasteiger partial charge in [0.25, 0.3) is 0 Å². The highest BCUT2D eigenvalue weighted by Crippen LogP contribution is 2.33. The molecule has 0 radical (unpaired) electrons. The number of nitrogens with zero attached hydrogens (tertiary/aromatic N) is 3. The van der Waals surface area contributed by atoms with Gasteiger partial charge >= 0.3 is 5.97 Å². The number of aromatic nitrogens is 3. The van der Waals surface area contributed by atoms with Crippen LogP contribution in [-0.4, -0.2) is 25.8 Å². The lowest BCUT2D eigenvalue weighted by Crippen LogP contribution is -2.03. The molecule has 2 rings (SSSR count). The minimum absolute atomic E-state index is 0.0836. The van der Waals surface area contributed by atoms with Crippen molar-refractivity contribution in [2.45, 2.75) is 25.3 Å². The van der Waals surface area contributed by atoms with Crippen LogP contribution >= 0.6 is 0 Å². The van der Waals surface area contributed by atoms with Crippen molar-refractivity contribution in [2.24, 2.45) is 0 Å². The van der Waals surface area contributed by atoms with Crippen LogP contribution in [0.4, 0.5) is 0 Å². The van der Waals surface area contributed by atoms with E-state index in [4.69, 9.17) is 5.11 Å². The van der Waals surface area contributed by atoms with Gasteiger partial charge in [0, 0.05) is 0 Å². The summed E-state index contributed by atoms with van der Waals surface area (Å²) in [7, 11) is 0. The third-order valence-electron chi connectivity index (χ3n) is 1.79. The van der Waals surface area contributed by atoms with Gasteiger partial charge in [-0.3, -0.25) is 4.79 Å². The van der Waals surface area contributed by atoms with Crippen molar-refractivity contribution in [3.05, 3.63) is 12.2 Å². The molecule has 0 bridgehead atoms. The van der Waals surface area contributed by atoms with E-state index in [1.165, 1.54) is 0 Å². The van der Waals surface area contributed by atoms with Crippen molar-refractivity contribution in [1.29, 1.82) is 0 Å². The van der Waals surface area contributed by atoms with Crippen LogP contribution in [0.15, 0.2) is 6.33 Å². The van der Waals surface area contributed by atoms with E-state index in [1.807, 2.05) is 0 Å². The fourth-order valence-electron chi connectivity index (χ4n) is 1.04. The molecule has 0 unspecified atom stereocenters. The lowest BCUT2D eigenvalue weighted by atomic mass is 10.4. The molecule has 1 fully saturated rings. The van der Waals surface area contributed by atoms with E-state index in [9.17, 15) is 4.79 Å². The van der Waals surface area contributed by atoms with Gasteiger partial charge < -0.3 is 5.11 Å². The van der Waals surface area contributed by atoms with Crippen molar-refractivity contribution < 1.29 is 9.90 Å². The second-order valence-corrected chi connectivity index (χ2v) is 2.94. The standard InChI is InChI=1S/C7H9N3O2/c11-7(12)3-6-8-4-10(9-6)5-1-2-5/h4-5H,1-3H2,(H,11,12). The van der Waals surface area contributed by atoms with Crippen molar-refractivity contribution in [2.75, 3.05) is 0 Å². The normalized spacial score (nSPS) is 16.3. The van der Waals surface area contributed by atoms with E-state index in [2.05, 4.69) is 10.1 Å². The molecular formula is C7H9N3O2. The van der Waals surface area contributed by atoms with Crippen LogP contribution in [0.25, 0.3) is 0 Å². The van der Waals surface area contributed by atoms with Gasteiger partial charge in [-0.2, -0.15) is 5.10 Å². The van der Waals surface area contributed by atoms with Gasteiger partial charge in [0.1, 0.15) is 12.7 Å².